The molecule has 90 valence electrons. The molecule has 0 aromatic heterocycles. The maximum absolute atomic E-state index is 5.74. The molecule has 0 radical (unpaired) electrons. The van der Waals surface area contributed by atoms with Crippen molar-refractivity contribution >= 4 is 0 Å². The van der Waals surface area contributed by atoms with Crippen LogP contribution in [0.25, 0.3) is 0 Å². The molecule has 1 aliphatic carbocycles. The summed E-state index contributed by atoms with van der Waals surface area (Å²) in [5.41, 5.74) is 5.74. The van der Waals surface area contributed by atoms with E-state index in [2.05, 4.69) is 5.32 Å². The van der Waals surface area contributed by atoms with E-state index in [-0.39, 0.29) is 0 Å². The van der Waals surface area contributed by atoms with E-state index < -0.39 is 0 Å². The van der Waals surface area contributed by atoms with E-state index in [0.717, 1.165) is 25.6 Å². The van der Waals surface area contributed by atoms with Gasteiger partial charge in [0.1, 0.15) is 0 Å². The molecule has 0 heterocycles. The van der Waals surface area contributed by atoms with Gasteiger partial charge in [-0.3, -0.25) is 0 Å². The summed E-state index contributed by atoms with van der Waals surface area (Å²) in [6, 6.07) is 0.692. The van der Waals surface area contributed by atoms with E-state index in [4.69, 9.17) is 10.5 Å². The normalized spacial score (nSPS) is 26.0. The SMILES string of the molecule is COCCCCCNC1CCCC1CN. The zero-order valence-electron chi connectivity index (χ0n) is 10.0. The van der Waals surface area contributed by atoms with Gasteiger partial charge in [0.05, 0.1) is 0 Å². The minimum absolute atomic E-state index is 0.692. The number of nitrogens with one attached hydrogen (secondary N) is 1. The van der Waals surface area contributed by atoms with Gasteiger partial charge in [-0.1, -0.05) is 6.42 Å². The van der Waals surface area contributed by atoms with Crippen molar-refractivity contribution in [3.05, 3.63) is 0 Å². The average molecular weight is 214 g/mol. The summed E-state index contributed by atoms with van der Waals surface area (Å²) in [7, 11) is 1.77. The summed E-state index contributed by atoms with van der Waals surface area (Å²) in [6.45, 7) is 2.89. The van der Waals surface area contributed by atoms with Crippen molar-refractivity contribution in [3.8, 4) is 0 Å². The van der Waals surface area contributed by atoms with Crippen LogP contribution >= 0.6 is 0 Å². The van der Waals surface area contributed by atoms with Gasteiger partial charge in [-0.15, -0.1) is 0 Å². The molecule has 3 nitrogen and oxygen atoms in total. The summed E-state index contributed by atoms with van der Waals surface area (Å²) < 4.78 is 5.02. The van der Waals surface area contributed by atoms with Crippen LogP contribution in [0.3, 0.4) is 0 Å². The van der Waals surface area contributed by atoms with Crippen LogP contribution in [0.5, 0.6) is 0 Å². The zero-order valence-corrected chi connectivity index (χ0v) is 10.0. The molecule has 0 spiro atoms. The Labute approximate surface area is 93.8 Å². The molecule has 1 aliphatic rings. The number of rotatable bonds is 8. The molecule has 2 unspecified atom stereocenters. The number of methoxy groups -OCH3 is 1. The van der Waals surface area contributed by atoms with E-state index in [9.17, 15) is 0 Å². The molecule has 0 amide bonds. The molecule has 2 atom stereocenters. The molecule has 0 saturated heterocycles. The van der Waals surface area contributed by atoms with Crippen LogP contribution in [0.2, 0.25) is 0 Å². The largest absolute Gasteiger partial charge is 0.385 e. The lowest BCUT2D eigenvalue weighted by atomic mass is 10.0. The van der Waals surface area contributed by atoms with E-state index in [0.29, 0.717) is 6.04 Å². The molecule has 0 aromatic carbocycles. The van der Waals surface area contributed by atoms with Crippen molar-refractivity contribution in [3.63, 3.8) is 0 Å². The highest BCUT2D eigenvalue weighted by Gasteiger charge is 2.24. The van der Waals surface area contributed by atoms with E-state index in [1.165, 1.54) is 38.5 Å². The van der Waals surface area contributed by atoms with Gasteiger partial charge in [0, 0.05) is 19.8 Å². The summed E-state index contributed by atoms with van der Waals surface area (Å²) in [5, 5.41) is 3.64. The highest BCUT2D eigenvalue weighted by molar-refractivity contribution is 4.83. The molecule has 0 aromatic rings. The Morgan fingerprint density at radius 2 is 2.13 bits per heavy atom. The van der Waals surface area contributed by atoms with Crippen LogP contribution in [0.1, 0.15) is 38.5 Å². The van der Waals surface area contributed by atoms with Crippen LogP contribution in [0.15, 0.2) is 0 Å². The highest BCUT2D eigenvalue weighted by Crippen LogP contribution is 2.24. The molecular formula is C12H26N2O. The molecule has 3 N–H and O–H groups in total. The Kier molecular flexibility index (Phi) is 6.98. The molecule has 3 heteroatoms. The Bertz CT molecular complexity index is 153. The Hall–Kier alpha value is -0.120. The van der Waals surface area contributed by atoms with Crippen molar-refractivity contribution in [1.29, 1.82) is 0 Å². The fraction of sp³-hybridized carbons (Fsp3) is 1.00. The third kappa shape index (κ3) is 4.96. The first-order valence-corrected chi connectivity index (χ1v) is 6.31. The minimum atomic E-state index is 0.692. The Morgan fingerprint density at radius 3 is 2.87 bits per heavy atom. The minimum Gasteiger partial charge on any atom is -0.385 e. The predicted molar refractivity (Wildman–Crippen MR) is 63.9 cm³/mol. The number of nitrogens with two attached hydrogens (primary N) is 1. The monoisotopic (exact) mass is 214 g/mol. The average Bonchev–Trinajstić information content (AvgIpc) is 2.70. The number of unbranched alkanes of at least 4 members (excludes halogenated alkanes) is 2. The van der Waals surface area contributed by atoms with Gasteiger partial charge in [0.25, 0.3) is 0 Å². The second-order valence-corrected chi connectivity index (χ2v) is 4.54. The third-order valence-corrected chi connectivity index (χ3v) is 3.39. The van der Waals surface area contributed by atoms with Crippen LogP contribution < -0.4 is 11.1 Å². The second-order valence-electron chi connectivity index (χ2n) is 4.54. The van der Waals surface area contributed by atoms with E-state index in [1.54, 1.807) is 7.11 Å². The smallest absolute Gasteiger partial charge is 0.0462 e. The first kappa shape index (κ1) is 12.9. The lowest BCUT2D eigenvalue weighted by molar-refractivity contribution is 0.192. The number of hydrogen-bond acceptors (Lipinski definition) is 3. The maximum Gasteiger partial charge on any atom is 0.0462 e. The maximum atomic E-state index is 5.74. The standard InChI is InChI=1S/C12H26N2O/c1-15-9-4-2-3-8-14-12-7-5-6-11(12)10-13/h11-12,14H,2-10,13H2,1H3. The van der Waals surface area contributed by atoms with Crippen LogP contribution in [-0.4, -0.2) is 32.8 Å². The van der Waals surface area contributed by atoms with Crippen LogP contribution in [0, 0.1) is 5.92 Å². The molecule has 1 rings (SSSR count). The lowest BCUT2D eigenvalue weighted by Crippen LogP contribution is -2.36. The van der Waals surface area contributed by atoms with E-state index >= 15 is 0 Å². The van der Waals surface area contributed by atoms with Gasteiger partial charge in [0.15, 0.2) is 0 Å². The molecule has 0 aliphatic heterocycles. The van der Waals surface area contributed by atoms with Crippen LogP contribution in [0.4, 0.5) is 0 Å². The van der Waals surface area contributed by atoms with Crippen molar-refractivity contribution in [2.24, 2.45) is 11.7 Å². The summed E-state index contributed by atoms with van der Waals surface area (Å²) in [6.07, 6.45) is 7.70. The number of ether oxygens (including phenoxy) is 1. The fourth-order valence-corrected chi connectivity index (χ4v) is 2.42. The highest BCUT2D eigenvalue weighted by atomic mass is 16.5. The summed E-state index contributed by atoms with van der Waals surface area (Å²) in [4.78, 5) is 0. The topological polar surface area (TPSA) is 47.3 Å². The third-order valence-electron chi connectivity index (χ3n) is 3.39. The lowest BCUT2D eigenvalue weighted by Gasteiger charge is -2.19. The summed E-state index contributed by atoms with van der Waals surface area (Å²) in [5.74, 6) is 0.726. The van der Waals surface area contributed by atoms with Crippen molar-refractivity contribution in [1.82, 2.24) is 5.32 Å². The van der Waals surface area contributed by atoms with Crippen molar-refractivity contribution in [2.45, 2.75) is 44.6 Å². The quantitative estimate of drug-likeness (QED) is 0.602. The molecule has 0 bridgehead atoms. The fourth-order valence-electron chi connectivity index (χ4n) is 2.42. The first-order chi connectivity index (χ1) is 7.38. The van der Waals surface area contributed by atoms with Gasteiger partial charge in [-0.2, -0.15) is 0 Å². The van der Waals surface area contributed by atoms with E-state index in [1.807, 2.05) is 0 Å². The Morgan fingerprint density at radius 1 is 1.27 bits per heavy atom. The van der Waals surface area contributed by atoms with Gasteiger partial charge in [-0.05, 0) is 51.1 Å². The molecule has 1 fully saturated rings. The second kappa shape index (κ2) is 8.08. The van der Waals surface area contributed by atoms with Gasteiger partial charge in [0.2, 0.25) is 0 Å². The Balaban J connectivity index is 1.95. The van der Waals surface area contributed by atoms with Gasteiger partial charge < -0.3 is 15.8 Å². The molecule has 1 saturated carbocycles. The molecular weight excluding hydrogens is 188 g/mol. The number of hydrogen-bond donors (Lipinski definition) is 2. The molecule has 15 heavy (non-hydrogen) atoms. The predicted octanol–water partition coefficient (Wildman–Crippen LogP) is 1.52. The summed E-state index contributed by atoms with van der Waals surface area (Å²) >= 11 is 0. The van der Waals surface area contributed by atoms with Gasteiger partial charge in [-0.25, -0.2) is 0 Å². The van der Waals surface area contributed by atoms with Gasteiger partial charge >= 0.3 is 0 Å². The first-order valence-electron chi connectivity index (χ1n) is 6.31. The van der Waals surface area contributed by atoms with Crippen molar-refractivity contribution in [2.75, 3.05) is 26.8 Å². The van der Waals surface area contributed by atoms with Crippen LogP contribution in [-0.2, 0) is 4.74 Å². The zero-order chi connectivity index (χ0) is 10.9. The van der Waals surface area contributed by atoms with Crippen molar-refractivity contribution < 1.29 is 4.74 Å².